The van der Waals surface area contributed by atoms with Crippen molar-refractivity contribution in [2.24, 2.45) is 0 Å². The molecule has 0 unspecified atom stereocenters. The van der Waals surface area contributed by atoms with Crippen molar-refractivity contribution >= 4 is 17.6 Å². The number of carbonyl (C=O) groups excluding carboxylic acids is 1. The van der Waals surface area contributed by atoms with Gasteiger partial charge >= 0.3 is 5.97 Å². The molecular formula is C16H26ClNO3. The van der Waals surface area contributed by atoms with Gasteiger partial charge in [-0.1, -0.05) is 57.0 Å². The van der Waals surface area contributed by atoms with E-state index >= 15 is 0 Å². The zero-order valence-electron chi connectivity index (χ0n) is 13.1. The molecule has 0 fully saturated rings. The molecule has 1 heterocycles. The lowest BCUT2D eigenvalue weighted by molar-refractivity contribution is 0.0504. The van der Waals surface area contributed by atoms with E-state index in [0.717, 1.165) is 12.8 Å². The van der Waals surface area contributed by atoms with Crippen molar-refractivity contribution in [3.63, 3.8) is 0 Å². The van der Waals surface area contributed by atoms with Crippen LogP contribution in [-0.2, 0) is 4.74 Å². The van der Waals surface area contributed by atoms with Crippen LogP contribution in [0.5, 0.6) is 0 Å². The normalized spacial score (nSPS) is 10.6. The summed E-state index contributed by atoms with van der Waals surface area (Å²) < 4.78 is 6.08. The van der Waals surface area contributed by atoms with Crippen molar-refractivity contribution in [1.82, 2.24) is 4.73 Å². The summed E-state index contributed by atoms with van der Waals surface area (Å²) in [6.07, 6.45) is 11.6. The lowest BCUT2D eigenvalue weighted by Crippen LogP contribution is -2.18. The second-order valence-electron chi connectivity index (χ2n) is 5.14. The number of esters is 1. The Morgan fingerprint density at radius 1 is 1.14 bits per heavy atom. The van der Waals surface area contributed by atoms with Crippen LogP contribution >= 0.6 is 11.6 Å². The fourth-order valence-corrected chi connectivity index (χ4v) is 2.40. The summed E-state index contributed by atoms with van der Waals surface area (Å²) in [5.41, 5.74) is 0.249. The molecule has 21 heavy (non-hydrogen) atoms. The van der Waals surface area contributed by atoms with Gasteiger partial charge in [0.25, 0.3) is 0 Å². The van der Waals surface area contributed by atoms with E-state index in [-0.39, 0.29) is 5.69 Å². The third-order valence-corrected chi connectivity index (χ3v) is 3.71. The third kappa shape index (κ3) is 6.42. The molecule has 5 heteroatoms. The van der Waals surface area contributed by atoms with E-state index in [4.69, 9.17) is 16.4 Å². The zero-order valence-corrected chi connectivity index (χ0v) is 13.8. The molecule has 1 aromatic heterocycles. The van der Waals surface area contributed by atoms with Gasteiger partial charge in [0, 0.05) is 6.20 Å². The van der Waals surface area contributed by atoms with Crippen LogP contribution in [0.3, 0.4) is 0 Å². The van der Waals surface area contributed by atoms with E-state index in [1.54, 1.807) is 12.3 Å². The Morgan fingerprint density at radius 3 is 2.38 bits per heavy atom. The highest BCUT2D eigenvalue weighted by Gasteiger charge is 2.17. The van der Waals surface area contributed by atoms with Gasteiger partial charge in [-0.15, -0.1) is 0 Å². The summed E-state index contributed by atoms with van der Waals surface area (Å²) in [5, 5.41) is 0.345. The van der Waals surface area contributed by atoms with Crippen LogP contribution in [0.4, 0.5) is 0 Å². The minimum atomic E-state index is -0.485. The number of aromatic nitrogens is 1. The summed E-state index contributed by atoms with van der Waals surface area (Å²) in [6.45, 7) is 2.80. The smallest absolute Gasteiger partial charge is 0.359 e. The molecule has 0 aromatic carbocycles. The highest BCUT2D eigenvalue weighted by molar-refractivity contribution is 6.33. The lowest BCUT2D eigenvalue weighted by Gasteiger charge is -2.10. The third-order valence-electron chi connectivity index (χ3n) is 3.41. The second-order valence-corrected chi connectivity index (χ2v) is 5.54. The maximum Gasteiger partial charge on any atom is 0.359 e. The van der Waals surface area contributed by atoms with Crippen LogP contribution in [0.15, 0.2) is 12.3 Å². The number of rotatable bonds is 11. The Bertz CT molecular complexity index is 418. The van der Waals surface area contributed by atoms with Crippen LogP contribution in [0.2, 0.25) is 5.02 Å². The van der Waals surface area contributed by atoms with Gasteiger partial charge in [-0.25, -0.2) is 4.79 Å². The monoisotopic (exact) mass is 315 g/mol. The Balaban J connectivity index is 2.17. The molecule has 120 valence electrons. The van der Waals surface area contributed by atoms with Crippen LogP contribution < -0.4 is 4.84 Å². The van der Waals surface area contributed by atoms with Gasteiger partial charge in [0.15, 0.2) is 5.69 Å². The van der Waals surface area contributed by atoms with Gasteiger partial charge in [-0.3, -0.25) is 0 Å². The molecule has 1 rings (SSSR count). The van der Waals surface area contributed by atoms with Crippen molar-refractivity contribution in [2.45, 2.75) is 58.3 Å². The highest BCUT2D eigenvalue weighted by atomic mass is 35.5. The van der Waals surface area contributed by atoms with Gasteiger partial charge < -0.3 is 9.57 Å². The first kappa shape index (κ1) is 17.9. The van der Waals surface area contributed by atoms with Crippen molar-refractivity contribution in [1.29, 1.82) is 0 Å². The fourth-order valence-electron chi connectivity index (χ4n) is 2.18. The molecule has 0 N–H and O–H groups in total. The number of hydrogen-bond donors (Lipinski definition) is 0. The summed E-state index contributed by atoms with van der Waals surface area (Å²) in [5.74, 6) is -0.485. The molecule has 0 aliphatic heterocycles. The van der Waals surface area contributed by atoms with Crippen LogP contribution in [0, 0.1) is 0 Å². The summed E-state index contributed by atoms with van der Waals surface area (Å²) in [6, 6.07) is 1.63. The van der Waals surface area contributed by atoms with Crippen molar-refractivity contribution in [2.75, 3.05) is 13.7 Å². The predicted molar refractivity (Wildman–Crippen MR) is 84.8 cm³/mol. The maximum absolute atomic E-state index is 11.6. The number of unbranched alkanes of at least 4 members (excludes halogenated alkanes) is 7. The molecule has 4 nitrogen and oxygen atoms in total. The molecule has 0 aliphatic rings. The number of halogens is 1. The summed E-state index contributed by atoms with van der Waals surface area (Å²) in [4.78, 5) is 17.1. The average Bonchev–Trinajstić information content (AvgIpc) is 2.85. The number of hydrogen-bond acceptors (Lipinski definition) is 3. The standard InChI is InChI=1S/C16H26ClNO3/c1-3-4-5-6-7-8-9-10-13-21-18-12-11-14(17)15(18)16(19)20-2/h11-12H,3-10,13H2,1-2H3. The van der Waals surface area contributed by atoms with E-state index in [1.165, 1.54) is 50.4 Å². The van der Waals surface area contributed by atoms with Gasteiger partial charge in [-0.2, -0.15) is 4.73 Å². The molecular weight excluding hydrogens is 290 g/mol. The first-order valence-corrected chi connectivity index (χ1v) is 8.17. The van der Waals surface area contributed by atoms with E-state index < -0.39 is 5.97 Å². The molecule has 0 aliphatic carbocycles. The largest absolute Gasteiger partial charge is 0.464 e. The zero-order chi connectivity index (χ0) is 15.5. The Labute approximate surface area is 132 Å². The number of ether oxygens (including phenoxy) is 1. The topological polar surface area (TPSA) is 40.5 Å². The van der Waals surface area contributed by atoms with E-state index in [9.17, 15) is 4.79 Å². The van der Waals surface area contributed by atoms with Crippen LogP contribution in [0.25, 0.3) is 0 Å². The SMILES string of the molecule is CCCCCCCCCCOn1ccc(Cl)c1C(=O)OC. The van der Waals surface area contributed by atoms with Gasteiger partial charge in [-0.05, 0) is 18.9 Å². The Morgan fingerprint density at radius 2 is 1.76 bits per heavy atom. The predicted octanol–water partition coefficient (Wildman–Crippen LogP) is 4.50. The Hall–Kier alpha value is -1.16. The van der Waals surface area contributed by atoms with Gasteiger partial charge in [0.1, 0.15) is 6.61 Å². The van der Waals surface area contributed by atoms with E-state index in [1.807, 2.05) is 0 Å². The first-order chi connectivity index (χ1) is 10.2. The maximum atomic E-state index is 11.6. The van der Waals surface area contributed by atoms with E-state index in [2.05, 4.69) is 11.7 Å². The Kier molecular flexibility index (Phi) is 8.99. The van der Waals surface area contributed by atoms with Crippen molar-refractivity contribution in [3.8, 4) is 0 Å². The van der Waals surface area contributed by atoms with Crippen molar-refractivity contribution in [3.05, 3.63) is 23.0 Å². The average molecular weight is 316 g/mol. The summed E-state index contributed by atoms with van der Waals surface area (Å²) >= 11 is 5.94. The van der Waals surface area contributed by atoms with Crippen LogP contribution in [0.1, 0.15) is 68.8 Å². The minimum absolute atomic E-state index is 0.249. The lowest BCUT2D eigenvalue weighted by atomic mass is 10.1. The molecule has 0 saturated carbocycles. The molecule has 0 atom stereocenters. The quantitative estimate of drug-likeness (QED) is 0.446. The minimum Gasteiger partial charge on any atom is -0.464 e. The van der Waals surface area contributed by atoms with Crippen molar-refractivity contribution < 1.29 is 14.4 Å². The highest BCUT2D eigenvalue weighted by Crippen LogP contribution is 2.17. The first-order valence-electron chi connectivity index (χ1n) is 7.79. The number of methoxy groups -OCH3 is 1. The fraction of sp³-hybridized carbons (Fsp3) is 0.688. The molecule has 0 bridgehead atoms. The molecule has 0 spiro atoms. The molecule has 1 aromatic rings. The van der Waals surface area contributed by atoms with Gasteiger partial charge in [0.2, 0.25) is 0 Å². The van der Waals surface area contributed by atoms with Gasteiger partial charge in [0.05, 0.1) is 12.1 Å². The van der Waals surface area contributed by atoms with E-state index in [0.29, 0.717) is 11.6 Å². The molecule has 0 amide bonds. The molecule has 0 radical (unpaired) electrons. The molecule has 0 saturated heterocycles. The second kappa shape index (κ2) is 10.6. The number of carbonyl (C=O) groups is 1. The van der Waals surface area contributed by atoms with Crippen LogP contribution in [-0.4, -0.2) is 24.4 Å². The number of nitrogens with zero attached hydrogens (tertiary/aromatic N) is 1. The summed E-state index contributed by atoms with van der Waals surface area (Å²) in [7, 11) is 1.33.